The number of nitrogens with zero attached hydrogens (tertiary/aromatic N) is 2. The number of morpholine rings is 2. The third-order valence-electron chi connectivity index (χ3n) is 7.05. The van der Waals surface area contributed by atoms with Crippen LogP contribution >= 0.6 is 0 Å². The molecule has 2 aliphatic heterocycles. The van der Waals surface area contributed by atoms with Crippen molar-refractivity contribution >= 4 is 33.9 Å². The molecule has 0 atom stereocenters. The van der Waals surface area contributed by atoms with E-state index in [2.05, 4.69) is 9.80 Å². The molecule has 5 rings (SSSR count). The zero-order valence-electron chi connectivity index (χ0n) is 22.0. The maximum absolute atomic E-state index is 13.3. The van der Waals surface area contributed by atoms with Crippen molar-refractivity contribution in [3.05, 3.63) is 57.7 Å². The number of hydrogen-bond donors (Lipinski definition) is 0. The normalized spacial score (nSPS) is 16.9. The molecule has 208 valence electrons. The summed E-state index contributed by atoms with van der Waals surface area (Å²) >= 11 is 0. The van der Waals surface area contributed by atoms with Gasteiger partial charge < -0.3 is 23.4 Å². The first-order valence-corrected chi connectivity index (χ1v) is 13.5. The van der Waals surface area contributed by atoms with Crippen molar-refractivity contribution in [3.63, 3.8) is 0 Å². The van der Waals surface area contributed by atoms with Gasteiger partial charge in [0.25, 0.3) is 0 Å². The van der Waals surface area contributed by atoms with Gasteiger partial charge in [-0.05, 0) is 49.2 Å². The molecule has 0 unspecified atom stereocenters. The average Bonchev–Trinajstić information content (AvgIpc) is 2.98. The van der Waals surface area contributed by atoms with E-state index in [1.54, 1.807) is 24.3 Å². The minimum atomic E-state index is -0.493. The lowest BCUT2D eigenvalue weighted by molar-refractivity contribution is 0.0298. The van der Waals surface area contributed by atoms with Crippen molar-refractivity contribution in [1.29, 1.82) is 0 Å². The Hall–Kier alpha value is -3.31. The van der Waals surface area contributed by atoms with Crippen LogP contribution in [0.3, 0.4) is 0 Å². The zero-order valence-corrected chi connectivity index (χ0v) is 22.0. The lowest BCUT2D eigenvalue weighted by Crippen LogP contribution is -2.37. The second-order valence-electron chi connectivity index (χ2n) is 9.74. The summed E-state index contributed by atoms with van der Waals surface area (Å²) in [5, 5.41) is 0.502. The Morgan fingerprint density at radius 1 is 0.692 bits per heavy atom. The van der Waals surface area contributed by atoms with Gasteiger partial charge in [-0.1, -0.05) is 0 Å². The highest BCUT2D eigenvalue weighted by Crippen LogP contribution is 2.21. The van der Waals surface area contributed by atoms with E-state index >= 15 is 0 Å². The van der Waals surface area contributed by atoms with Crippen molar-refractivity contribution < 1.29 is 33.0 Å². The third-order valence-corrected chi connectivity index (χ3v) is 7.05. The maximum atomic E-state index is 13.3. The molecular formula is C29H34N2O8. The van der Waals surface area contributed by atoms with Gasteiger partial charge in [0.2, 0.25) is 5.43 Å². The largest absolute Gasteiger partial charge is 0.462 e. The fourth-order valence-electron chi connectivity index (χ4n) is 4.83. The quantitative estimate of drug-likeness (QED) is 0.217. The Kier molecular flexibility index (Phi) is 9.20. The van der Waals surface area contributed by atoms with Crippen LogP contribution in [0.5, 0.6) is 0 Å². The van der Waals surface area contributed by atoms with E-state index in [-0.39, 0.29) is 27.3 Å². The van der Waals surface area contributed by atoms with Crippen LogP contribution in [0.15, 0.2) is 45.6 Å². The summed E-state index contributed by atoms with van der Waals surface area (Å²) in [6.45, 7) is 8.71. The Morgan fingerprint density at radius 2 is 1.13 bits per heavy atom. The molecule has 0 radical (unpaired) electrons. The number of fused-ring (bicyclic) bond motifs is 2. The fraction of sp³-hybridized carbons (Fsp3) is 0.483. The second kappa shape index (κ2) is 13.2. The van der Waals surface area contributed by atoms with E-state index in [1.165, 1.54) is 12.1 Å². The highest BCUT2D eigenvalue weighted by Gasteiger charge is 2.16. The topological polar surface area (TPSA) is 108 Å². The number of hydrogen-bond acceptors (Lipinski definition) is 10. The van der Waals surface area contributed by atoms with Crippen molar-refractivity contribution in [3.8, 4) is 0 Å². The van der Waals surface area contributed by atoms with E-state index in [0.717, 1.165) is 78.5 Å². The summed E-state index contributed by atoms with van der Waals surface area (Å²) in [6.07, 6.45) is 1.44. The van der Waals surface area contributed by atoms with E-state index in [0.29, 0.717) is 24.4 Å². The Balaban J connectivity index is 1.21. The molecular weight excluding hydrogens is 504 g/mol. The zero-order chi connectivity index (χ0) is 27.0. The molecule has 39 heavy (non-hydrogen) atoms. The van der Waals surface area contributed by atoms with E-state index < -0.39 is 11.9 Å². The van der Waals surface area contributed by atoms with Crippen LogP contribution in [0.1, 0.15) is 33.6 Å². The molecule has 0 bridgehead atoms. The number of benzene rings is 2. The number of carbonyl (C=O) groups excluding carboxylic acids is 2. The molecule has 10 heteroatoms. The summed E-state index contributed by atoms with van der Waals surface area (Å²) in [5.41, 5.74) is 0.938. The minimum Gasteiger partial charge on any atom is -0.462 e. The lowest BCUT2D eigenvalue weighted by atomic mass is 10.1. The smallest absolute Gasteiger partial charge is 0.338 e. The minimum absolute atomic E-state index is 0.251. The van der Waals surface area contributed by atoms with Crippen molar-refractivity contribution in [2.75, 3.05) is 78.9 Å². The first-order chi connectivity index (χ1) is 19.1. The van der Waals surface area contributed by atoms with Gasteiger partial charge in [-0.2, -0.15) is 0 Å². The van der Waals surface area contributed by atoms with Crippen LogP contribution in [-0.4, -0.2) is 101 Å². The van der Waals surface area contributed by atoms with Gasteiger partial charge in [-0.15, -0.1) is 0 Å². The Labute approximate surface area is 226 Å². The fourth-order valence-corrected chi connectivity index (χ4v) is 4.83. The summed E-state index contributed by atoms with van der Waals surface area (Å²) in [7, 11) is 0. The molecule has 3 aromatic rings. The summed E-state index contributed by atoms with van der Waals surface area (Å²) in [5.74, 6) is -0.986. The molecule has 0 N–H and O–H groups in total. The van der Waals surface area contributed by atoms with Gasteiger partial charge in [0.15, 0.2) is 0 Å². The van der Waals surface area contributed by atoms with Crippen molar-refractivity contribution in [1.82, 2.24) is 9.80 Å². The molecule has 10 nitrogen and oxygen atoms in total. The molecule has 0 aliphatic carbocycles. The third kappa shape index (κ3) is 7.02. The number of rotatable bonds is 10. The van der Waals surface area contributed by atoms with Gasteiger partial charge in [0.05, 0.1) is 61.5 Å². The molecule has 2 fully saturated rings. The van der Waals surface area contributed by atoms with Crippen LogP contribution in [0, 0.1) is 0 Å². The monoisotopic (exact) mass is 538 g/mol. The summed E-state index contributed by atoms with van der Waals surface area (Å²) in [4.78, 5) is 43.1. The van der Waals surface area contributed by atoms with Gasteiger partial charge >= 0.3 is 11.9 Å². The molecule has 0 amide bonds. The van der Waals surface area contributed by atoms with E-state index in [9.17, 15) is 14.4 Å². The SMILES string of the molecule is O=C(OCCCN1CCOCC1)c1ccc2oc3ccc(C(=O)OCCCN4CCOCC4)cc3c(=O)c2c1. The predicted molar refractivity (Wildman–Crippen MR) is 144 cm³/mol. The van der Waals surface area contributed by atoms with E-state index in [1.807, 2.05) is 0 Å². The highest BCUT2D eigenvalue weighted by atomic mass is 16.5. The number of carbonyl (C=O) groups is 2. The van der Waals surface area contributed by atoms with E-state index in [4.69, 9.17) is 23.4 Å². The maximum Gasteiger partial charge on any atom is 0.338 e. The van der Waals surface area contributed by atoms with Crippen LogP contribution < -0.4 is 5.43 Å². The first-order valence-electron chi connectivity index (χ1n) is 13.5. The number of ether oxygens (including phenoxy) is 4. The number of esters is 2. The van der Waals surface area contributed by atoms with Crippen LogP contribution in [0.2, 0.25) is 0 Å². The molecule has 0 spiro atoms. The molecule has 2 saturated heterocycles. The second-order valence-corrected chi connectivity index (χ2v) is 9.74. The Morgan fingerprint density at radius 3 is 1.56 bits per heavy atom. The standard InChI is InChI=1S/C29H34N2O8/c32-27-23-19-21(28(33)37-13-1-7-30-9-15-35-16-10-30)3-5-25(23)39-26-6-4-22(20-24(26)27)29(34)38-14-2-8-31-11-17-36-18-12-31/h3-6,19-20H,1-2,7-18H2. The average molecular weight is 539 g/mol. The van der Waals surface area contributed by atoms with Gasteiger partial charge in [-0.25, -0.2) is 9.59 Å². The summed E-state index contributed by atoms with van der Waals surface area (Å²) < 4.78 is 27.4. The first kappa shape index (κ1) is 27.3. The van der Waals surface area contributed by atoms with Crippen molar-refractivity contribution in [2.45, 2.75) is 12.8 Å². The van der Waals surface area contributed by atoms with Crippen molar-refractivity contribution in [2.24, 2.45) is 0 Å². The van der Waals surface area contributed by atoms with Gasteiger partial charge in [0.1, 0.15) is 11.2 Å². The molecule has 3 heterocycles. The van der Waals surface area contributed by atoms with Gasteiger partial charge in [-0.3, -0.25) is 14.6 Å². The lowest BCUT2D eigenvalue weighted by Gasteiger charge is -2.26. The van der Waals surface area contributed by atoms with Crippen LogP contribution in [0.4, 0.5) is 0 Å². The molecule has 2 aliphatic rings. The predicted octanol–water partition coefficient (Wildman–Crippen LogP) is 2.70. The molecule has 1 aromatic heterocycles. The molecule has 2 aromatic carbocycles. The molecule has 0 saturated carbocycles. The van der Waals surface area contributed by atoms with Gasteiger partial charge in [0, 0.05) is 39.3 Å². The summed E-state index contributed by atoms with van der Waals surface area (Å²) in [6, 6.07) is 9.34. The van der Waals surface area contributed by atoms with Crippen LogP contribution in [0.25, 0.3) is 21.9 Å². The Bertz CT molecular complexity index is 1260. The van der Waals surface area contributed by atoms with Crippen LogP contribution in [-0.2, 0) is 18.9 Å². The highest BCUT2D eigenvalue weighted by molar-refractivity contribution is 5.99.